The van der Waals surface area contributed by atoms with Crippen LogP contribution < -0.4 is 0 Å². The predicted molar refractivity (Wildman–Crippen MR) is 82.0 cm³/mol. The Hall–Kier alpha value is -1.31. The zero-order valence-corrected chi connectivity index (χ0v) is 12.6. The van der Waals surface area contributed by atoms with E-state index in [0.717, 1.165) is 24.0 Å². The summed E-state index contributed by atoms with van der Waals surface area (Å²) in [5.74, 6) is 1.68. The van der Waals surface area contributed by atoms with Crippen molar-refractivity contribution < 1.29 is 9.50 Å². The molecule has 112 valence electrons. The minimum absolute atomic E-state index is 0.185. The van der Waals surface area contributed by atoms with Crippen LogP contribution in [0.2, 0.25) is 0 Å². The lowest BCUT2D eigenvalue weighted by Gasteiger charge is -2.50. The lowest BCUT2D eigenvalue weighted by molar-refractivity contribution is 0.0567. The first-order valence-corrected chi connectivity index (χ1v) is 8.16. The Bertz CT molecular complexity index is 608. The molecule has 1 N–H and O–H groups in total. The van der Waals surface area contributed by atoms with E-state index in [4.69, 9.17) is 0 Å². The summed E-state index contributed by atoms with van der Waals surface area (Å²) in [6, 6.07) is 5.31. The van der Waals surface area contributed by atoms with Gasteiger partial charge >= 0.3 is 0 Å². The topological polar surface area (TPSA) is 20.2 Å². The Labute approximate surface area is 125 Å². The second-order valence-electron chi connectivity index (χ2n) is 7.49. The molecule has 21 heavy (non-hydrogen) atoms. The summed E-state index contributed by atoms with van der Waals surface area (Å²) in [7, 11) is 0. The Morgan fingerprint density at radius 2 is 2.10 bits per heavy atom. The van der Waals surface area contributed by atoms with Gasteiger partial charge in [0.1, 0.15) is 11.9 Å². The van der Waals surface area contributed by atoms with Crippen molar-refractivity contribution in [2.45, 2.75) is 51.1 Å². The molecule has 0 spiro atoms. The Morgan fingerprint density at radius 1 is 1.29 bits per heavy atom. The molecule has 1 nitrogen and oxygen atoms in total. The summed E-state index contributed by atoms with van der Waals surface area (Å²) >= 11 is 0. The Balaban J connectivity index is 1.77. The number of fused-ring (bicyclic) bond motifs is 5. The molecule has 3 aliphatic rings. The Kier molecular flexibility index (Phi) is 2.76. The molecule has 2 heteroatoms. The van der Waals surface area contributed by atoms with E-state index in [1.54, 1.807) is 12.1 Å². The number of rotatable bonds is 0. The highest BCUT2D eigenvalue weighted by molar-refractivity contribution is 5.42. The van der Waals surface area contributed by atoms with Crippen LogP contribution in [0, 0.1) is 17.3 Å². The van der Waals surface area contributed by atoms with Gasteiger partial charge in [0, 0.05) is 0 Å². The van der Waals surface area contributed by atoms with E-state index >= 15 is 0 Å². The number of allylic oxidation sites excluding steroid dienone is 1. The standard InChI is InChI=1S/C19H23FO/c1-11-3-6-17-15-10-18(20)16-9-12(21)4-5-13(16)14(15)7-8-19(11,17)2/h4-5,9,14-15,17-18,21H,1,3,6-8,10H2,2H3. The second kappa shape index (κ2) is 4.34. The third-order valence-corrected chi connectivity index (χ3v) is 6.68. The van der Waals surface area contributed by atoms with Crippen molar-refractivity contribution in [1.82, 2.24) is 0 Å². The van der Waals surface area contributed by atoms with Crippen LogP contribution in [0.1, 0.15) is 62.2 Å². The largest absolute Gasteiger partial charge is 0.508 e. The summed E-state index contributed by atoms with van der Waals surface area (Å²) in [4.78, 5) is 0. The van der Waals surface area contributed by atoms with Crippen LogP contribution in [0.4, 0.5) is 4.39 Å². The average Bonchev–Trinajstić information content (AvgIpc) is 2.76. The van der Waals surface area contributed by atoms with E-state index in [9.17, 15) is 9.50 Å². The van der Waals surface area contributed by atoms with Crippen molar-refractivity contribution in [2.24, 2.45) is 17.3 Å². The number of alkyl halides is 1. The minimum atomic E-state index is -0.926. The maximum atomic E-state index is 14.7. The maximum absolute atomic E-state index is 14.7. The summed E-state index contributed by atoms with van der Waals surface area (Å²) in [5.41, 5.74) is 3.50. The molecule has 4 rings (SSSR count). The molecule has 0 amide bonds. The van der Waals surface area contributed by atoms with Gasteiger partial charge in [-0.3, -0.25) is 0 Å². The van der Waals surface area contributed by atoms with Crippen LogP contribution in [0.25, 0.3) is 0 Å². The van der Waals surface area contributed by atoms with E-state index in [0.29, 0.717) is 24.2 Å². The molecule has 0 saturated heterocycles. The van der Waals surface area contributed by atoms with Crippen LogP contribution in [0.15, 0.2) is 30.4 Å². The molecule has 2 fully saturated rings. The van der Waals surface area contributed by atoms with Crippen molar-refractivity contribution in [3.05, 3.63) is 41.5 Å². The number of benzene rings is 1. The van der Waals surface area contributed by atoms with Gasteiger partial charge < -0.3 is 5.11 Å². The number of phenolic OH excluding ortho intramolecular Hbond substituents is 1. The molecule has 1 aromatic carbocycles. The van der Waals surface area contributed by atoms with Crippen molar-refractivity contribution >= 4 is 0 Å². The lowest BCUT2D eigenvalue weighted by atomic mass is 9.55. The van der Waals surface area contributed by atoms with Crippen molar-refractivity contribution in [2.75, 3.05) is 0 Å². The summed E-state index contributed by atoms with van der Waals surface area (Å²) in [6.45, 7) is 6.65. The second-order valence-corrected chi connectivity index (χ2v) is 7.49. The first kappa shape index (κ1) is 13.4. The predicted octanol–water partition coefficient (Wildman–Crippen LogP) is 5.27. The third kappa shape index (κ3) is 1.74. The molecule has 5 atom stereocenters. The first-order chi connectivity index (χ1) is 10.0. The van der Waals surface area contributed by atoms with E-state index in [1.807, 2.05) is 6.07 Å². The smallest absolute Gasteiger partial charge is 0.126 e. The van der Waals surface area contributed by atoms with Crippen molar-refractivity contribution in [3.8, 4) is 5.75 Å². The molecule has 0 radical (unpaired) electrons. The first-order valence-electron chi connectivity index (χ1n) is 8.16. The highest BCUT2D eigenvalue weighted by Gasteiger charge is 2.53. The van der Waals surface area contributed by atoms with Crippen molar-refractivity contribution in [1.29, 1.82) is 0 Å². The van der Waals surface area contributed by atoms with E-state index in [2.05, 4.69) is 13.5 Å². The van der Waals surface area contributed by atoms with Crippen LogP contribution in [0.5, 0.6) is 5.75 Å². The molecule has 0 heterocycles. The summed E-state index contributed by atoms with van der Waals surface area (Å²) in [5, 5.41) is 9.65. The molecule has 3 aliphatic carbocycles. The fraction of sp³-hybridized carbons (Fsp3) is 0.579. The zero-order chi connectivity index (χ0) is 14.8. The van der Waals surface area contributed by atoms with Gasteiger partial charge in [-0.15, -0.1) is 0 Å². The quantitative estimate of drug-likeness (QED) is 0.644. The van der Waals surface area contributed by atoms with Gasteiger partial charge in [-0.25, -0.2) is 4.39 Å². The fourth-order valence-electron chi connectivity index (χ4n) is 5.45. The molecule has 0 aliphatic heterocycles. The van der Waals surface area contributed by atoms with Crippen LogP contribution in [-0.2, 0) is 0 Å². The van der Waals surface area contributed by atoms with Crippen LogP contribution in [-0.4, -0.2) is 5.11 Å². The number of hydrogen-bond donors (Lipinski definition) is 1. The van der Waals surface area contributed by atoms with E-state index in [-0.39, 0.29) is 11.2 Å². The normalized spacial score (nSPS) is 41.3. The van der Waals surface area contributed by atoms with Gasteiger partial charge in [-0.2, -0.15) is 0 Å². The minimum Gasteiger partial charge on any atom is -0.508 e. The van der Waals surface area contributed by atoms with Gasteiger partial charge in [-0.1, -0.05) is 25.1 Å². The van der Waals surface area contributed by atoms with E-state index < -0.39 is 6.17 Å². The average molecular weight is 286 g/mol. The monoisotopic (exact) mass is 286 g/mol. The molecule has 2 saturated carbocycles. The van der Waals surface area contributed by atoms with Crippen LogP contribution >= 0.6 is 0 Å². The Morgan fingerprint density at radius 3 is 2.90 bits per heavy atom. The van der Waals surface area contributed by atoms with Gasteiger partial charge in [0.15, 0.2) is 0 Å². The van der Waals surface area contributed by atoms with Gasteiger partial charge in [0.25, 0.3) is 0 Å². The van der Waals surface area contributed by atoms with Gasteiger partial charge in [0.05, 0.1) is 0 Å². The molecule has 0 aromatic heterocycles. The third-order valence-electron chi connectivity index (χ3n) is 6.68. The number of phenols is 1. The van der Waals surface area contributed by atoms with Gasteiger partial charge in [0.2, 0.25) is 0 Å². The maximum Gasteiger partial charge on any atom is 0.126 e. The molecule has 1 aromatic rings. The van der Waals surface area contributed by atoms with E-state index in [1.165, 1.54) is 18.4 Å². The lowest BCUT2D eigenvalue weighted by Crippen LogP contribution is -2.40. The number of aromatic hydroxyl groups is 1. The molecular weight excluding hydrogens is 263 g/mol. The highest BCUT2D eigenvalue weighted by atomic mass is 19.1. The van der Waals surface area contributed by atoms with Crippen molar-refractivity contribution in [3.63, 3.8) is 0 Å². The van der Waals surface area contributed by atoms with Crippen LogP contribution in [0.3, 0.4) is 0 Å². The summed E-state index contributed by atoms with van der Waals surface area (Å²) < 4.78 is 14.7. The number of halogens is 1. The zero-order valence-electron chi connectivity index (χ0n) is 12.6. The van der Waals surface area contributed by atoms with Gasteiger partial charge in [-0.05, 0) is 78.5 Å². The molecular formula is C19H23FO. The number of hydrogen-bond acceptors (Lipinski definition) is 1. The SMILES string of the molecule is C=C1CCC2C3CC(F)c4cc(O)ccc4C3CCC12C. The fourth-order valence-corrected chi connectivity index (χ4v) is 5.45. The summed E-state index contributed by atoms with van der Waals surface area (Å²) in [6.07, 6.45) is 4.29. The molecule has 0 bridgehead atoms. The molecule has 5 unspecified atom stereocenters. The highest BCUT2D eigenvalue weighted by Crippen LogP contribution is 2.63.